The molecule has 0 atom stereocenters. The lowest BCUT2D eigenvalue weighted by Crippen LogP contribution is -2.14. The van der Waals surface area contributed by atoms with Gasteiger partial charge in [-0.15, -0.1) is 11.8 Å². The van der Waals surface area contributed by atoms with Gasteiger partial charge in [0.1, 0.15) is 5.75 Å². The molecule has 2 aromatic rings. The van der Waals surface area contributed by atoms with Crippen LogP contribution in [0.1, 0.15) is 0 Å². The first-order valence-electron chi connectivity index (χ1n) is 6.10. The molecule has 0 heterocycles. The number of rotatable bonds is 5. The highest BCUT2D eigenvalue weighted by Crippen LogP contribution is 2.26. The number of hydrogen-bond donors (Lipinski definition) is 1. The van der Waals surface area contributed by atoms with Gasteiger partial charge in [0.2, 0.25) is 5.91 Å². The van der Waals surface area contributed by atoms with Crippen LogP contribution in [0.25, 0.3) is 0 Å². The molecule has 0 aliphatic heterocycles. The van der Waals surface area contributed by atoms with Gasteiger partial charge in [0.25, 0.3) is 0 Å². The summed E-state index contributed by atoms with van der Waals surface area (Å²) in [7, 11) is 1.62. The number of carbonyl (C=O) groups is 1. The Morgan fingerprint density at radius 3 is 2.57 bits per heavy atom. The monoisotopic (exact) mass is 341 g/mol. The fourth-order valence-electron chi connectivity index (χ4n) is 1.60. The molecule has 3 nitrogen and oxygen atoms in total. The van der Waals surface area contributed by atoms with Crippen molar-refractivity contribution in [2.24, 2.45) is 0 Å². The van der Waals surface area contributed by atoms with Crippen LogP contribution in [0, 0.1) is 0 Å². The van der Waals surface area contributed by atoms with Gasteiger partial charge in [0, 0.05) is 9.92 Å². The fraction of sp³-hybridized carbons (Fsp3) is 0.133. The topological polar surface area (TPSA) is 38.3 Å². The molecular formula is C15H13Cl2NO2S. The summed E-state index contributed by atoms with van der Waals surface area (Å²) in [5.74, 6) is 0.935. The van der Waals surface area contributed by atoms with Crippen LogP contribution < -0.4 is 10.1 Å². The average molecular weight is 342 g/mol. The van der Waals surface area contributed by atoms with E-state index in [-0.39, 0.29) is 11.7 Å². The normalized spacial score (nSPS) is 10.2. The van der Waals surface area contributed by atoms with E-state index in [0.29, 0.717) is 15.7 Å². The van der Waals surface area contributed by atoms with Crippen LogP contribution in [-0.4, -0.2) is 18.8 Å². The highest BCUT2D eigenvalue weighted by molar-refractivity contribution is 8.00. The van der Waals surface area contributed by atoms with E-state index in [1.807, 2.05) is 24.3 Å². The van der Waals surface area contributed by atoms with Crippen LogP contribution in [0.2, 0.25) is 10.0 Å². The van der Waals surface area contributed by atoms with Crippen molar-refractivity contribution in [3.8, 4) is 5.75 Å². The number of benzene rings is 2. The van der Waals surface area contributed by atoms with Crippen LogP contribution in [0.3, 0.4) is 0 Å². The molecule has 0 saturated carbocycles. The first-order chi connectivity index (χ1) is 10.1. The van der Waals surface area contributed by atoms with E-state index < -0.39 is 0 Å². The fourth-order valence-corrected chi connectivity index (χ4v) is 2.64. The summed E-state index contributed by atoms with van der Waals surface area (Å²) in [5, 5.41) is 3.73. The predicted octanol–water partition coefficient (Wildman–Crippen LogP) is 4.73. The maximum absolute atomic E-state index is 11.9. The molecule has 0 aliphatic rings. The molecule has 1 amide bonds. The molecule has 0 radical (unpaired) electrons. The Labute approximate surface area is 137 Å². The van der Waals surface area contributed by atoms with Crippen molar-refractivity contribution < 1.29 is 9.53 Å². The number of methoxy groups -OCH3 is 1. The number of anilines is 1. The second kappa shape index (κ2) is 7.59. The number of carbonyl (C=O) groups excluding carboxylic acids is 1. The van der Waals surface area contributed by atoms with Crippen LogP contribution in [-0.2, 0) is 4.79 Å². The maximum Gasteiger partial charge on any atom is 0.234 e. The van der Waals surface area contributed by atoms with Gasteiger partial charge < -0.3 is 10.1 Å². The third-order valence-corrected chi connectivity index (χ3v) is 4.21. The summed E-state index contributed by atoms with van der Waals surface area (Å²) in [6.45, 7) is 0. The van der Waals surface area contributed by atoms with Crippen molar-refractivity contribution >= 4 is 46.6 Å². The largest absolute Gasteiger partial charge is 0.497 e. The van der Waals surface area contributed by atoms with E-state index in [2.05, 4.69) is 5.32 Å². The van der Waals surface area contributed by atoms with Gasteiger partial charge in [-0.05, 0) is 42.5 Å². The Morgan fingerprint density at radius 2 is 1.90 bits per heavy atom. The van der Waals surface area contributed by atoms with E-state index >= 15 is 0 Å². The lowest BCUT2D eigenvalue weighted by Gasteiger charge is -2.08. The highest BCUT2D eigenvalue weighted by Gasteiger charge is 2.07. The molecule has 0 bridgehead atoms. The first-order valence-corrected chi connectivity index (χ1v) is 7.84. The quantitative estimate of drug-likeness (QED) is 0.798. The summed E-state index contributed by atoms with van der Waals surface area (Å²) >= 11 is 13.3. The zero-order valence-electron chi connectivity index (χ0n) is 11.2. The summed E-state index contributed by atoms with van der Waals surface area (Å²) in [4.78, 5) is 12.9. The Hall–Kier alpha value is -1.36. The Morgan fingerprint density at radius 1 is 1.19 bits per heavy atom. The van der Waals surface area contributed by atoms with Crippen molar-refractivity contribution in [1.29, 1.82) is 0 Å². The molecule has 21 heavy (non-hydrogen) atoms. The number of ether oxygens (including phenoxy) is 1. The number of nitrogens with one attached hydrogen (secondary N) is 1. The average Bonchev–Trinajstić information content (AvgIpc) is 2.49. The van der Waals surface area contributed by atoms with Gasteiger partial charge >= 0.3 is 0 Å². The van der Waals surface area contributed by atoms with Crippen molar-refractivity contribution in [2.45, 2.75) is 4.90 Å². The highest BCUT2D eigenvalue weighted by atomic mass is 35.5. The number of thioether (sulfide) groups is 1. The first kappa shape index (κ1) is 16.0. The number of amides is 1. The molecular weight excluding hydrogens is 329 g/mol. The smallest absolute Gasteiger partial charge is 0.234 e. The van der Waals surface area contributed by atoms with Crippen molar-refractivity contribution in [3.05, 3.63) is 52.5 Å². The Kier molecular flexibility index (Phi) is 5.79. The Bertz CT molecular complexity index is 632. The van der Waals surface area contributed by atoms with E-state index in [4.69, 9.17) is 27.9 Å². The van der Waals surface area contributed by atoms with Crippen LogP contribution >= 0.6 is 35.0 Å². The van der Waals surface area contributed by atoms with Gasteiger partial charge in [-0.3, -0.25) is 4.79 Å². The zero-order chi connectivity index (χ0) is 15.2. The SMILES string of the molecule is COc1ccc(SCC(=O)Nc2cc(Cl)ccc2Cl)cc1. The van der Waals surface area contributed by atoms with Crippen LogP contribution in [0.5, 0.6) is 5.75 Å². The second-order valence-electron chi connectivity index (χ2n) is 4.14. The van der Waals surface area contributed by atoms with E-state index in [9.17, 15) is 4.79 Å². The molecule has 0 aliphatic carbocycles. The van der Waals surface area contributed by atoms with E-state index in [1.54, 1.807) is 25.3 Å². The number of halogens is 2. The minimum atomic E-state index is -0.139. The molecule has 0 aromatic heterocycles. The van der Waals surface area contributed by atoms with Gasteiger partial charge in [-0.2, -0.15) is 0 Å². The van der Waals surface area contributed by atoms with Crippen molar-refractivity contribution in [2.75, 3.05) is 18.2 Å². The third kappa shape index (κ3) is 4.84. The molecule has 6 heteroatoms. The molecule has 2 aromatic carbocycles. The summed E-state index contributed by atoms with van der Waals surface area (Å²) in [6.07, 6.45) is 0. The molecule has 1 N–H and O–H groups in total. The standard InChI is InChI=1S/C15H13Cl2NO2S/c1-20-11-3-5-12(6-4-11)21-9-15(19)18-14-8-10(16)2-7-13(14)17/h2-8H,9H2,1H3,(H,18,19). The van der Waals surface area contributed by atoms with Gasteiger partial charge in [0.05, 0.1) is 23.6 Å². The molecule has 0 unspecified atom stereocenters. The molecule has 0 saturated heterocycles. The molecule has 2 rings (SSSR count). The van der Waals surface area contributed by atoms with Crippen molar-refractivity contribution in [1.82, 2.24) is 0 Å². The second-order valence-corrected chi connectivity index (χ2v) is 6.03. The number of hydrogen-bond acceptors (Lipinski definition) is 3. The molecule has 110 valence electrons. The van der Waals surface area contributed by atoms with Crippen LogP contribution in [0.15, 0.2) is 47.4 Å². The molecule has 0 fully saturated rings. The lowest BCUT2D eigenvalue weighted by atomic mass is 10.3. The minimum absolute atomic E-state index is 0.139. The maximum atomic E-state index is 11.9. The van der Waals surface area contributed by atoms with E-state index in [0.717, 1.165) is 10.6 Å². The lowest BCUT2D eigenvalue weighted by molar-refractivity contribution is -0.113. The van der Waals surface area contributed by atoms with Gasteiger partial charge in [-0.25, -0.2) is 0 Å². The third-order valence-electron chi connectivity index (χ3n) is 2.63. The molecule has 0 spiro atoms. The summed E-state index contributed by atoms with van der Waals surface area (Å²) in [6, 6.07) is 12.5. The van der Waals surface area contributed by atoms with Gasteiger partial charge in [0.15, 0.2) is 0 Å². The van der Waals surface area contributed by atoms with Crippen molar-refractivity contribution in [3.63, 3.8) is 0 Å². The zero-order valence-corrected chi connectivity index (χ0v) is 13.6. The Balaban J connectivity index is 1.91. The van der Waals surface area contributed by atoms with Gasteiger partial charge in [-0.1, -0.05) is 23.2 Å². The van der Waals surface area contributed by atoms with E-state index in [1.165, 1.54) is 11.8 Å². The minimum Gasteiger partial charge on any atom is -0.497 e. The summed E-state index contributed by atoms with van der Waals surface area (Å²) < 4.78 is 5.08. The van der Waals surface area contributed by atoms with Crippen LogP contribution in [0.4, 0.5) is 5.69 Å². The summed E-state index contributed by atoms with van der Waals surface area (Å²) in [5.41, 5.74) is 0.518. The predicted molar refractivity (Wildman–Crippen MR) is 88.8 cm³/mol.